The molecule has 6 nitrogen and oxygen atoms in total. The predicted octanol–water partition coefficient (Wildman–Crippen LogP) is 2.21. The third kappa shape index (κ3) is 4.47. The number of hydrogen-bond donors (Lipinski definition) is 2. The van der Waals surface area contributed by atoms with Gasteiger partial charge in [-0.2, -0.15) is 5.10 Å². The third-order valence-corrected chi connectivity index (χ3v) is 4.91. The van der Waals surface area contributed by atoms with Crippen LogP contribution in [0.1, 0.15) is 22.3 Å². The van der Waals surface area contributed by atoms with Crippen LogP contribution in [0.15, 0.2) is 30.6 Å². The van der Waals surface area contributed by atoms with Crippen molar-refractivity contribution < 1.29 is 9.53 Å². The highest BCUT2D eigenvalue weighted by Crippen LogP contribution is 2.24. The van der Waals surface area contributed by atoms with E-state index in [4.69, 9.17) is 4.74 Å². The van der Waals surface area contributed by atoms with Crippen molar-refractivity contribution in [2.45, 2.75) is 12.8 Å². The van der Waals surface area contributed by atoms with Gasteiger partial charge in [-0.05, 0) is 59.2 Å². The number of ether oxygens (including phenoxy) is 1. The molecule has 2 aromatic rings. The molecule has 1 aliphatic heterocycles. The molecular weight excluding hydrogens is 419 g/mol. The van der Waals surface area contributed by atoms with Gasteiger partial charge in [0, 0.05) is 35.0 Å². The Kier molecular flexibility index (Phi) is 6.08. The Labute approximate surface area is 155 Å². The molecule has 1 fully saturated rings. The maximum absolute atomic E-state index is 12.3. The van der Waals surface area contributed by atoms with E-state index in [-0.39, 0.29) is 5.91 Å². The summed E-state index contributed by atoms with van der Waals surface area (Å²) in [5, 5.41) is 9.69. The van der Waals surface area contributed by atoms with Gasteiger partial charge in [0.15, 0.2) is 0 Å². The van der Waals surface area contributed by atoms with Crippen molar-refractivity contribution in [3.05, 3.63) is 45.3 Å². The van der Waals surface area contributed by atoms with Gasteiger partial charge in [0.25, 0.3) is 5.91 Å². The zero-order valence-corrected chi connectivity index (χ0v) is 15.6. The predicted molar refractivity (Wildman–Crippen MR) is 101 cm³/mol. The van der Waals surface area contributed by atoms with Crippen molar-refractivity contribution in [2.75, 3.05) is 37.7 Å². The molecule has 7 heteroatoms. The number of anilines is 1. The van der Waals surface area contributed by atoms with Crippen LogP contribution in [-0.4, -0.2) is 49.0 Å². The van der Waals surface area contributed by atoms with Crippen molar-refractivity contribution in [3.63, 3.8) is 0 Å². The minimum atomic E-state index is -0.0198. The highest BCUT2D eigenvalue weighted by atomic mass is 127. The Balaban J connectivity index is 1.52. The molecule has 1 aromatic carbocycles. The lowest BCUT2D eigenvalue weighted by Crippen LogP contribution is -2.36. The molecule has 2 heterocycles. The molecule has 0 unspecified atom stereocenters. The number of rotatable bonds is 6. The molecule has 0 spiro atoms. The summed E-state index contributed by atoms with van der Waals surface area (Å²) in [6, 6.07) is 5.89. The number of amides is 1. The fraction of sp³-hybridized carbons (Fsp3) is 0.412. The minimum absolute atomic E-state index is 0.0198. The Morgan fingerprint density at radius 1 is 1.38 bits per heavy atom. The van der Waals surface area contributed by atoms with Crippen molar-refractivity contribution >= 4 is 34.2 Å². The zero-order valence-electron chi connectivity index (χ0n) is 13.4. The molecule has 2 N–H and O–H groups in total. The first kappa shape index (κ1) is 17.2. The van der Waals surface area contributed by atoms with Gasteiger partial charge in [-0.15, -0.1) is 0 Å². The highest BCUT2D eigenvalue weighted by molar-refractivity contribution is 14.1. The normalized spacial score (nSPS) is 14.6. The maximum Gasteiger partial charge on any atom is 0.251 e. The van der Waals surface area contributed by atoms with E-state index in [1.165, 1.54) is 5.69 Å². The fourth-order valence-electron chi connectivity index (χ4n) is 2.72. The first-order valence-corrected chi connectivity index (χ1v) is 9.20. The monoisotopic (exact) mass is 440 g/mol. The smallest absolute Gasteiger partial charge is 0.251 e. The lowest BCUT2D eigenvalue weighted by Gasteiger charge is -2.29. The van der Waals surface area contributed by atoms with Crippen LogP contribution in [0, 0.1) is 3.57 Å². The van der Waals surface area contributed by atoms with E-state index in [1.54, 1.807) is 0 Å². The molecule has 24 heavy (non-hydrogen) atoms. The largest absolute Gasteiger partial charge is 0.378 e. The van der Waals surface area contributed by atoms with Gasteiger partial charge in [0.1, 0.15) is 0 Å². The van der Waals surface area contributed by atoms with Crippen LogP contribution in [0.3, 0.4) is 0 Å². The van der Waals surface area contributed by atoms with Crippen LogP contribution >= 0.6 is 22.6 Å². The van der Waals surface area contributed by atoms with Gasteiger partial charge in [0.05, 0.1) is 25.1 Å². The second-order valence-corrected chi connectivity index (χ2v) is 6.89. The number of benzene rings is 1. The Hall–Kier alpha value is -1.61. The number of aromatic nitrogens is 2. The standard InChI is InChI=1S/C17H21IN4O2/c18-15-10-14(3-4-16(15)22-6-8-24-9-7-22)17(23)19-5-1-2-13-11-20-21-12-13/h3-4,10-12H,1-2,5-9H2,(H,19,23)(H,20,21). The van der Waals surface area contributed by atoms with Crippen LogP contribution in [0.5, 0.6) is 0 Å². The van der Waals surface area contributed by atoms with Crippen LogP contribution in [-0.2, 0) is 11.2 Å². The molecule has 1 amide bonds. The Morgan fingerprint density at radius 2 is 2.21 bits per heavy atom. The summed E-state index contributed by atoms with van der Waals surface area (Å²) in [5.41, 5.74) is 3.05. The number of H-pyrrole nitrogens is 1. The lowest BCUT2D eigenvalue weighted by molar-refractivity contribution is 0.0953. The first-order valence-electron chi connectivity index (χ1n) is 8.12. The van der Waals surface area contributed by atoms with Crippen molar-refractivity contribution in [1.82, 2.24) is 15.5 Å². The summed E-state index contributed by atoms with van der Waals surface area (Å²) in [6.07, 6.45) is 5.50. The highest BCUT2D eigenvalue weighted by Gasteiger charge is 2.15. The van der Waals surface area contributed by atoms with Gasteiger partial charge < -0.3 is 15.0 Å². The van der Waals surface area contributed by atoms with E-state index < -0.39 is 0 Å². The molecule has 0 radical (unpaired) electrons. The number of morpholine rings is 1. The van der Waals surface area contributed by atoms with Gasteiger partial charge in [-0.3, -0.25) is 9.89 Å². The lowest BCUT2D eigenvalue weighted by atomic mass is 10.1. The number of carbonyl (C=O) groups is 1. The molecule has 0 aliphatic carbocycles. The number of aryl methyl sites for hydroxylation is 1. The number of hydrogen-bond acceptors (Lipinski definition) is 4. The van der Waals surface area contributed by atoms with Gasteiger partial charge >= 0.3 is 0 Å². The Bertz CT molecular complexity index is 669. The number of nitrogens with one attached hydrogen (secondary N) is 2. The van der Waals surface area contributed by atoms with Crippen molar-refractivity contribution in [3.8, 4) is 0 Å². The molecular formula is C17H21IN4O2. The first-order chi connectivity index (χ1) is 11.7. The number of halogens is 1. The quantitative estimate of drug-likeness (QED) is 0.534. The fourth-order valence-corrected chi connectivity index (χ4v) is 3.58. The van der Waals surface area contributed by atoms with Crippen LogP contribution in [0.2, 0.25) is 0 Å². The summed E-state index contributed by atoms with van der Waals surface area (Å²) < 4.78 is 6.49. The van der Waals surface area contributed by atoms with E-state index in [0.717, 1.165) is 48.3 Å². The van der Waals surface area contributed by atoms with Crippen molar-refractivity contribution in [1.29, 1.82) is 0 Å². The molecule has 1 saturated heterocycles. The van der Waals surface area contributed by atoms with E-state index >= 15 is 0 Å². The van der Waals surface area contributed by atoms with E-state index in [1.807, 2.05) is 30.6 Å². The van der Waals surface area contributed by atoms with Gasteiger partial charge in [-0.25, -0.2) is 0 Å². The average molecular weight is 440 g/mol. The topological polar surface area (TPSA) is 70.2 Å². The van der Waals surface area contributed by atoms with E-state index in [9.17, 15) is 4.79 Å². The summed E-state index contributed by atoms with van der Waals surface area (Å²) in [7, 11) is 0. The molecule has 3 rings (SSSR count). The van der Waals surface area contributed by atoms with Gasteiger partial charge in [0.2, 0.25) is 0 Å². The van der Waals surface area contributed by atoms with Crippen molar-refractivity contribution in [2.24, 2.45) is 0 Å². The molecule has 0 atom stereocenters. The summed E-state index contributed by atoms with van der Waals surface area (Å²) in [5.74, 6) is -0.0198. The molecule has 0 bridgehead atoms. The summed E-state index contributed by atoms with van der Waals surface area (Å²) in [4.78, 5) is 14.6. The molecule has 0 saturated carbocycles. The zero-order chi connectivity index (χ0) is 16.8. The third-order valence-electron chi connectivity index (χ3n) is 4.04. The summed E-state index contributed by atoms with van der Waals surface area (Å²) >= 11 is 2.30. The minimum Gasteiger partial charge on any atom is -0.378 e. The maximum atomic E-state index is 12.3. The number of carbonyl (C=O) groups excluding carboxylic acids is 1. The SMILES string of the molecule is O=C(NCCCc1cn[nH]c1)c1ccc(N2CCOCC2)c(I)c1. The van der Waals surface area contributed by atoms with Crippen LogP contribution < -0.4 is 10.2 Å². The summed E-state index contributed by atoms with van der Waals surface area (Å²) in [6.45, 7) is 3.97. The van der Waals surface area contributed by atoms with Crippen LogP contribution in [0.4, 0.5) is 5.69 Å². The van der Waals surface area contributed by atoms with Crippen LogP contribution in [0.25, 0.3) is 0 Å². The molecule has 128 valence electrons. The van der Waals surface area contributed by atoms with E-state index in [2.05, 4.69) is 43.0 Å². The number of aromatic amines is 1. The molecule has 1 aliphatic rings. The average Bonchev–Trinajstić information content (AvgIpc) is 3.12. The van der Waals surface area contributed by atoms with Gasteiger partial charge in [-0.1, -0.05) is 0 Å². The Morgan fingerprint density at radius 3 is 2.92 bits per heavy atom. The second kappa shape index (κ2) is 8.48. The van der Waals surface area contributed by atoms with E-state index in [0.29, 0.717) is 12.1 Å². The second-order valence-electron chi connectivity index (χ2n) is 5.73. The molecule has 1 aromatic heterocycles. The number of nitrogens with zero attached hydrogens (tertiary/aromatic N) is 2.